The molecule has 0 unspecified atom stereocenters. The molecule has 2 aromatic heterocycles. The van der Waals surface area contributed by atoms with Crippen LogP contribution in [-0.2, 0) is 0 Å². The van der Waals surface area contributed by atoms with Crippen molar-refractivity contribution in [2.24, 2.45) is 0 Å². The van der Waals surface area contributed by atoms with Crippen molar-refractivity contribution in [2.45, 2.75) is 6.92 Å². The maximum atomic E-state index is 12.6. The molecule has 0 radical (unpaired) electrons. The van der Waals surface area contributed by atoms with Crippen molar-refractivity contribution < 1.29 is 9.21 Å². The van der Waals surface area contributed by atoms with E-state index in [1.54, 1.807) is 55.0 Å². The van der Waals surface area contributed by atoms with E-state index in [0.29, 0.717) is 28.7 Å². The molecule has 0 aliphatic heterocycles. The minimum absolute atomic E-state index is 0.323. The van der Waals surface area contributed by atoms with Crippen LogP contribution < -0.4 is 14.9 Å². The van der Waals surface area contributed by atoms with E-state index in [9.17, 15) is 4.79 Å². The number of urea groups is 1. The minimum Gasteiger partial charge on any atom is -0.423 e. The largest absolute Gasteiger partial charge is 0.423 e. The fourth-order valence-corrected chi connectivity index (χ4v) is 3.08. The van der Waals surface area contributed by atoms with Crippen LogP contribution in [0.3, 0.4) is 0 Å². The first-order valence-electron chi connectivity index (χ1n) is 9.57. The second kappa shape index (κ2) is 9.24. The summed E-state index contributed by atoms with van der Waals surface area (Å²) in [6, 6.07) is 17.6. The zero-order valence-corrected chi connectivity index (χ0v) is 17.9. The average Bonchev–Trinajstić information content (AvgIpc) is 3.30. The number of rotatable bonds is 5. The zero-order chi connectivity index (χ0) is 22.5. The molecule has 0 saturated heterocycles. The number of thiol groups is 1. The Hall–Kier alpha value is -4.29. The third-order valence-corrected chi connectivity index (χ3v) is 5.03. The number of pyridine rings is 1. The Morgan fingerprint density at radius 3 is 2.69 bits per heavy atom. The summed E-state index contributed by atoms with van der Waals surface area (Å²) in [5.74, 6) is 0.593. The van der Waals surface area contributed by atoms with Gasteiger partial charge >= 0.3 is 6.03 Å². The molecule has 4 aromatic rings. The van der Waals surface area contributed by atoms with Gasteiger partial charge in [0, 0.05) is 29.3 Å². The minimum atomic E-state index is -0.442. The Labute approximate surface area is 190 Å². The van der Waals surface area contributed by atoms with E-state index in [1.807, 2.05) is 31.2 Å². The van der Waals surface area contributed by atoms with Gasteiger partial charge in [0.2, 0.25) is 0 Å². The van der Waals surface area contributed by atoms with E-state index < -0.39 is 6.03 Å². The summed E-state index contributed by atoms with van der Waals surface area (Å²) in [6.45, 7) is 1.93. The first kappa shape index (κ1) is 21.0. The van der Waals surface area contributed by atoms with E-state index in [0.717, 1.165) is 16.8 Å². The number of aryl methyl sites for hydroxylation is 1. The van der Waals surface area contributed by atoms with Crippen LogP contribution >= 0.6 is 12.8 Å². The molecule has 0 aliphatic rings. The average molecular weight is 443 g/mol. The fourth-order valence-electron chi connectivity index (χ4n) is 2.89. The molecular weight excluding hydrogens is 424 g/mol. The SMILES string of the molecule is Cc1ccc(NC(=O)N(S)c2ccc(C#N)cc2)cc1Nc1ncc(-c2cccnc2)o1. The zero-order valence-electron chi connectivity index (χ0n) is 17.0. The summed E-state index contributed by atoms with van der Waals surface area (Å²) in [6.07, 6.45) is 5.01. The number of nitrogens with zero attached hydrogens (tertiary/aromatic N) is 4. The van der Waals surface area contributed by atoms with E-state index in [1.165, 1.54) is 4.31 Å². The van der Waals surface area contributed by atoms with Crippen LogP contribution in [0.1, 0.15) is 11.1 Å². The Kier molecular flexibility index (Phi) is 6.05. The molecular formula is C23H18N6O2S. The summed E-state index contributed by atoms with van der Waals surface area (Å²) in [5.41, 5.74) is 4.10. The number of nitriles is 1. The highest BCUT2D eigenvalue weighted by atomic mass is 32.1. The highest BCUT2D eigenvalue weighted by Gasteiger charge is 2.14. The molecule has 9 heteroatoms. The molecule has 0 bridgehead atoms. The molecule has 2 N–H and O–H groups in total. The van der Waals surface area contributed by atoms with Crippen LogP contribution in [0, 0.1) is 18.3 Å². The van der Waals surface area contributed by atoms with Crippen LogP contribution in [0.2, 0.25) is 0 Å². The quantitative estimate of drug-likeness (QED) is 0.350. The third kappa shape index (κ3) is 4.71. The smallest absolute Gasteiger partial charge is 0.336 e. The maximum Gasteiger partial charge on any atom is 0.336 e. The Morgan fingerprint density at radius 2 is 1.97 bits per heavy atom. The highest BCUT2D eigenvalue weighted by molar-refractivity contribution is 7.82. The highest BCUT2D eigenvalue weighted by Crippen LogP contribution is 2.27. The molecule has 2 aromatic carbocycles. The van der Waals surface area contributed by atoms with Gasteiger partial charge in [-0.05, 0) is 61.0 Å². The number of anilines is 4. The molecule has 8 nitrogen and oxygen atoms in total. The van der Waals surface area contributed by atoms with Gasteiger partial charge in [0.15, 0.2) is 5.76 Å². The second-order valence-corrected chi connectivity index (χ2v) is 7.23. The van der Waals surface area contributed by atoms with Crippen molar-refractivity contribution >= 4 is 41.9 Å². The van der Waals surface area contributed by atoms with Gasteiger partial charge < -0.3 is 15.1 Å². The van der Waals surface area contributed by atoms with E-state index in [2.05, 4.69) is 33.4 Å². The number of aromatic nitrogens is 2. The number of hydrogen-bond acceptors (Lipinski definition) is 7. The molecule has 2 amide bonds. The summed E-state index contributed by atoms with van der Waals surface area (Å²) < 4.78 is 6.94. The molecule has 0 fully saturated rings. The maximum absolute atomic E-state index is 12.6. The van der Waals surface area contributed by atoms with Crippen LogP contribution in [-0.4, -0.2) is 16.0 Å². The van der Waals surface area contributed by atoms with Gasteiger partial charge in [0.1, 0.15) is 0 Å². The van der Waals surface area contributed by atoms with Gasteiger partial charge in [-0.2, -0.15) is 5.26 Å². The molecule has 158 valence electrons. The molecule has 0 atom stereocenters. The van der Waals surface area contributed by atoms with Crippen molar-refractivity contribution in [1.82, 2.24) is 9.97 Å². The standard InChI is InChI=1S/C23H18N6O2S/c1-15-4-7-18(27-23(30)29(32)19-8-5-16(12-24)6-9-19)11-20(15)28-22-26-14-21(31-22)17-3-2-10-25-13-17/h2-11,13-14,32H,1H3,(H,26,28)(H,27,30). The Balaban J connectivity index is 1.47. The lowest BCUT2D eigenvalue weighted by atomic mass is 10.2. The summed E-state index contributed by atoms with van der Waals surface area (Å²) in [4.78, 5) is 20.9. The van der Waals surface area contributed by atoms with Gasteiger partial charge in [0.25, 0.3) is 6.01 Å². The predicted molar refractivity (Wildman–Crippen MR) is 126 cm³/mol. The van der Waals surface area contributed by atoms with Crippen molar-refractivity contribution in [3.05, 3.63) is 84.3 Å². The van der Waals surface area contributed by atoms with Gasteiger partial charge in [0.05, 0.1) is 23.5 Å². The van der Waals surface area contributed by atoms with E-state index in [4.69, 9.17) is 9.68 Å². The van der Waals surface area contributed by atoms with Crippen molar-refractivity contribution in [1.29, 1.82) is 5.26 Å². The molecule has 0 spiro atoms. The molecule has 32 heavy (non-hydrogen) atoms. The molecule has 2 heterocycles. The first-order chi connectivity index (χ1) is 15.5. The van der Waals surface area contributed by atoms with Gasteiger partial charge in [-0.15, -0.1) is 0 Å². The van der Waals surface area contributed by atoms with Crippen LogP contribution in [0.25, 0.3) is 11.3 Å². The lowest BCUT2D eigenvalue weighted by Gasteiger charge is -2.17. The lowest BCUT2D eigenvalue weighted by molar-refractivity contribution is 0.260. The second-order valence-electron chi connectivity index (χ2n) is 6.83. The van der Waals surface area contributed by atoms with Crippen molar-refractivity contribution in [2.75, 3.05) is 14.9 Å². The molecule has 4 rings (SSSR count). The molecule has 0 saturated carbocycles. The fraction of sp³-hybridized carbons (Fsp3) is 0.0435. The third-order valence-electron chi connectivity index (χ3n) is 4.62. The normalized spacial score (nSPS) is 10.3. The summed E-state index contributed by atoms with van der Waals surface area (Å²) >= 11 is 4.26. The van der Waals surface area contributed by atoms with Crippen molar-refractivity contribution in [3.63, 3.8) is 0 Å². The van der Waals surface area contributed by atoms with E-state index in [-0.39, 0.29) is 0 Å². The van der Waals surface area contributed by atoms with Gasteiger partial charge in [-0.25, -0.2) is 14.1 Å². The van der Waals surface area contributed by atoms with Gasteiger partial charge in [-0.3, -0.25) is 4.98 Å². The number of nitrogens with one attached hydrogen (secondary N) is 2. The summed E-state index contributed by atoms with van der Waals surface area (Å²) in [7, 11) is 0. The number of hydrogen-bond donors (Lipinski definition) is 3. The topological polar surface area (TPSA) is 107 Å². The van der Waals surface area contributed by atoms with Crippen LogP contribution in [0.5, 0.6) is 0 Å². The number of carbonyl (C=O) groups is 1. The Bertz CT molecular complexity index is 1280. The predicted octanol–water partition coefficient (Wildman–Crippen LogP) is 5.54. The number of oxazole rings is 1. The number of benzene rings is 2. The lowest BCUT2D eigenvalue weighted by Crippen LogP contribution is -2.26. The number of carbonyl (C=O) groups excluding carboxylic acids is 1. The molecule has 0 aliphatic carbocycles. The van der Waals surface area contributed by atoms with Gasteiger partial charge in [-0.1, -0.05) is 18.9 Å². The van der Waals surface area contributed by atoms with E-state index >= 15 is 0 Å². The van der Waals surface area contributed by atoms with Crippen LogP contribution in [0.4, 0.5) is 27.9 Å². The van der Waals surface area contributed by atoms with Crippen LogP contribution in [0.15, 0.2) is 77.6 Å². The monoisotopic (exact) mass is 442 g/mol. The number of amides is 2. The first-order valence-corrected chi connectivity index (χ1v) is 9.97. The summed E-state index contributed by atoms with van der Waals surface area (Å²) in [5, 5.41) is 14.8. The van der Waals surface area contributed by atoms with Crippen molar-refractivity contribution in [3.8, 4) is 17.4 Å². The Morgan fingerprint density at radius 1 is 1.16 bits per heavy atom.